The quantitative estimate of drug-likeness (QED) is 0.751. The monoisotopic (exact) mass is 281 g/mol. The normalized spacial score (nSPS) is 18.3. The van der Waals surface area contributed by atoms with Crippen molar-refractivity contribution in [1.29, 1.82) is 0 Å². The number of carbonyl (C=O) groups is 1. The minimum absolute atomic E-state index is 0.00788. The van der Waals surface area contributed by atoms with Gasteiger partial charge in [0, 0.05) is 20.1 Å². The Hall–Kier alpha value is -1.63. The van der Waals surface area contributed by atoms with Crippen molar-refractivity contribution in [2.24, 2.45) is 12.8 Å². The highest BCUT2D eigenvalue weighted by Gasteiger charge is 2.40. The highest BCUT2D eigenvalue weighted by molar-refractivity contribution is 7.80. The van der Waals surface area contributed by atoms with Crippen molar-refractivity contribution in [2.75, 3.05) is 18.0 Å². The van der Waals surface area contributed by atoms with Crippen LogP contribution in [-0.4, -0.2) is 39.3 Å². The average molecular weight is 281 g/mol. The van der Waals surface area contributed by atoms with Gasteiger partial charge in [0.25, 0.3) is 0 Å². The van der Waals surface area contributed by atoms with Crippen molar-refractivity contribution in [2.45, 2.75) is 26.3 Å². The molecule has 0 aliphatic carbocycles. The Bertz CT molecular complexity index is 549. The first kappa shape index (κ1) is 13.8. The van der Waals surface area contributed by atoms with Gasteiger partial charge in [-0.2, -0.15) is 5.10 Å². The van der Waals surface area contributed by atoms with E-state index in [-0.39, 0.29) is 5.91 Å². The second kappa shape index (κ2) is 4.48. The molecule has 7 heteroatoms. The summed E-state index contributed by atoms with van der Waals surface area (Å²) in [4.78, 5) is 14.4. The molecule has 19 heavy (non-hydrogen) atoms. The minimum atomic E-state index is -0.655. The van der Waals surface area contributed by atoms with E-state index in [2.05, 4.69) is 10.4 Å². The molecule has 2 heterocycles. The van der Waals surface area contributed by atoms with E-state index >= 15 is 0 Å². The van der Waals surface area contributed by atoms with Gasteiger partial charge in [0.15, 0.2) is 0 Å². The number of piperazine rings is 1. The number of aryl methyl sites for hydroxylation is 2. The van der Waals surface area contributed by atoms with Gasteiger partial charge >= 0.3 is 0 Å². The summed E-state index contributed by atoms with van der Waals surface area (Å²) in [7, 11) is 1.84. The molecule has 1 aliphatic heterocycles. The van der Waals surface area contributed by atoms with Crippen LogP contribution in [0.1, 0.15) is 25.1 Å². The predicted molar refractivity (Wildman–Crippen MR) is 78.3 cm³/mol. The van der Waals surface area contributed by atoms with Crippen LogP contribution in [0, 0.1) is 6.92 Å². The number of aromatic nitrogens is 2. The van der Waals surface area contributed by atoms with Gasteiger partial charge < -0.3 is 16.0 Å². The lowest BCUT2D eigenvalue weighted by atomic mass is 9.98. The molecule has 3 N–H and O–H groups in total. The van der Waals surface area contributed by atoms with Crippen molar-refractivity contribution < 1.29 is 4.79 Å². The Morgan fingerprint density at radius 1 is 1.53 bits per heavy atom. The second-order valence-electron chi connectivity index (χ2n) is 5.24. The number of nitrogens with one attached hydrogen (secondary N) is 1. The summed E-state index contributed by atoms with van der Waals surface area (Å²) in [5.41, 5.74) is 6.69. The number of anilines is 1. The maximum absolute atomic E-state index is 12.1. The molecular weight excluding hydrogens is 262 g/mol. The molecular formula is C12H19N5OS. The van der Waals surface area contributed by atoms with E-state index in [1.54, 1.807) is 4.68 Å². The zero-order valence-corrected chi connectivity index (χ0v) is 12.5. The third-order valence-corrected chi connectivity index (χ3v) is 3.75. The SMILES string of the molecule is Cc1nn(C)c(N2CCNC(=O)C2(C)C)c1C(N)=S. The lowest BCUT2D eigenvalue weighted by Gasteiger charge is -2.42. The van der Waals surface area contributed by atoms with Crippen LogP contribution in [0.2, 0.25) is 0 Å². The molecule has 0 atom stereocenters. The van der Waals surface area contributed by atoms with E-state index < -0.39 is 5.54 Å². The van der Waals surface area contributed by atoms with Crippen LogP contribution >= 0.6 is 12.2 Å². The summed E-state index contributed by atoms with van der Waals surface area (Å²) in [5.74, 6) is 0.802. The molecule has 0 unspecified atom stereocenters. The summed E-state index contributed by atoms with van der Waals surface area (Å²) >= 11 is 5.12. The van der Waals surface area contributed by atoms with Gasteiger partial charge in [-0.3, -0.25) is 9.48 Å². The molecule has 0 aromatic carbocycles. The number of rotatable bonds is 2. The molecule has 1 fully saturated rings. The molecule has 0 radical (unpaired) electrons. The first-order valence-electron chi connectivity index (χ1n) is 6.16. The standard InChI is InChI=1S/C12H19N5OS/c1-7-8(9(13)19)10(16(4)15-7)17-6-5-14-11(18)12(17,2)3/h5-6H2,1-4H3,(H2,13,19)(H,14,18). The first-order chi connectivity index (χ1) is 8.76. The van der Waals surface area contributed by atoms with E-state index in [0.717, 1.165) is 17.1 Å². The smallest absolute Gasteiger partial charge is 0.245 e. The van der Waals surface area contributed by atoms with Crippen LogP contribution in [0.15, 0.2) is 0 Å². The van der Waals surface area contributed by atoms with E-state index in [9.17, 15) is 4.79 Å². The maximum atomic E-state index is 12.1. The van der Waals surface area contributed by atoms with Crippen LogP contribution in [0.25, 0.3) is 0 Å². The Morgan fingerprint density at radius 3 is 2.74 bits per heavy atom. The number of thiocarbonyl (C=S) groups is 1. The van der Waals surface area contributed by atoms with Crippen molar-refractivity contribution in [3.63, 3.8) is 0 Å². The van der Waals surface area contributed by atoms with Crippen molar-refractivity contribution in [3.05, 3.63) is 11.3 Å². The van der Waals surface area contributed by atoms with E-state index in [4.69, 9.17) is 18.0 Å². The Labute approximate surface area is 117 Å². The van der Waals surface area contributed by atoms with Gasteiger partial charge in [-0.1, -0.05) is 12.2 Å². The van der Waals surface area contributed by atoms with E-state index in [1.165, 1.54) is 0 Å². The molecule has 104 valence electrons. The number of hydrogen-bond donors (Lipinski definition) is 2. The molecule has 6 nitrogen and oxygen atoms in total. The third kappa shape index (κ3) is 2.07. The van der Waals surface area contributed by atoms with Crippen molar-refractivity contribution in [1.82, 2.24) is 15.1 Å². The van der Waals surface area contributed by atoms with E-state index in [1.807, 2.05) is 32.7 Å². The topological polar surface area (TPSA) is 76.2 Å². The fourth-order valence-corrected chi connectivity index (χ4v) is 2.75. The lowest BCUT2D eigenvalue weighted by molar-refractivity contribution is -0.126. The molecule has 1 aromatic heterocycles. The number of amides is 1. The second-order valence-corrected chi connectivity index (χ2v) is 5.68. The summed E-state index contributed by atoms with van der Waals surface area (Å²) in [6, 6.07) is 0. The fraction of sp³-hybridized carbons (Fsp3) is 0.583. The highest BCUT2D eigenvalue weighted by Crippen LogP contribution is 2.30. The Balaban J connectivity index is 2.58. The third-order valence-electron chi connectivity index (χ3n) is 3.55. The summed E-state index contributed by atoms with van der Waals surface area (Å²) < 4.78 is 1.74. The van der Waals surface area contributed by atoms with Crippen LogP contribution in [0.3, 0.4) is 0 Å². The average Bonchev–Trinajstić information content (AvgIpc) is 2.57. The van der Waals surface area contributed by atoms with Crippen LogP contribution in [0.5, 0.6) is 0 Å². The first-order valence-corrected chi connectivity index (χ1v) is 6.57. The van der Waals surface area contributed by atoms with Gasteiger partial charge in [0.05, 0.1) is 11.3 Å². The largest absolute Gasteiger partial charge is 0.389 e. The van der Waals surface area contributed by atoms with Gasteiger partial charge in [-0.15, -0.1) is 0 Å². The zero-order valence-electron chi connectivity index (χ0n) is 11.6. The number of hydrogen-bond acceptors (Lipinski definition) is 4. The van der Waals surface area contributed by atoms with Gasteiger partial charge in [0.1, 0.15) is 16.3 Å². The van der Waals surface area contributed by atoms with Crippen LogP contribution in [-0.2, 0) is 11.8 Å². The fourth-order valence-electron chi connectivity index (χ4n) is 2.51. The van der Waals surface area contributed by atoms with Crippen LogP contribution < -0.4 is 16.0 Å². The summed E-state index contributed by atoms with van der Waals surface area (Å²) in [6.07, 6.45) is 0. The van der Waals surface area contributed by atoms with Gasteiger partial charge in [-0.25, -0.2) is 0 Å². The molecule has 1 aromatic rings. The molecule has 1 aliphatic rings. The molecule has 2 rings (SSSR count). The molecule has 0 saturated carbocycles. The summed E-state index contributed by atoms with van der Waals surface area (Å²) in [6.45, 7) is 6.94. The number of nitrogens with two attached hydrogens (primary N) is 1. The minimum Gasteiger partial charge on any atom is -0.389 e. The van der Waals surface area contributed by atoms with Gasteiger partial charge in [-0.05, 0) is 20.8 Å². The molecule has 1 amide bonds. The van der Waals surface area contributed by atoms with Crippen LogP contribution in [0.4, 0.5) is 5.82 Å². The van der Waals surface area contributed by atoms with Gasteiger partial charge in [0.2, 0.25) is 5.91 Å². The number of nitrogens with zero attached hydrogens (tertiary/aromatic N) is 3. The van der Waals surface area contributed by atoms with E-state index in [0.29, 0.717) is 18.1 Å². The Kier molecular flexibility index (Phi) is 3.25. The van der Waals surface area contributed by atoms with Crippen molar-refractivity contribution in [3.8, 4) is 0 Å². The Morgan fingerprint density at radius 2 is 2.16 bits per heavy atom. The summed E-state index contributed by atoms with van der Waals surface area (Å²) in [5, 5.41) is 7.25. The molecule has 0 spiro atoms. The lowest BCUT2D eigenvalue weighted by Crippen LogP contribution is -2.62. The highest BCUT2D eigenvalue weighted by atomic mass is 32.1. The predicted octanol–water partition coefficient (Wildman–Crippen LogP) is 0.0775. The number of carbonyl (C=O) groups excluding carboxylic acids is 1. The molecule has 0 bridgehead atoms. The zero-order chi connectivity index (χ0) is 14.4. The van der Waals surface area contributed by atoms with Crippen molar-refractivity contribution >= 4 is 28.9 Å². The molecule has 1 saturated heterocycles. The maximum Gasteiger partial charge on any atom is 0.245 e.